The van der Waals surface area contributed by atoms with Crippen molar-refractivity contribution in [1.29, 1.82) is 0 Å². The van der Waals surface area contributed by atoms with E-state index in [0.717, 1.165) is 12.8 Å². The Bertz CT molecular complexity index is 901. The second-order valence-corrected chi connectivity index (χ2v) is 7.13. The van der Waals surface area contributed by atoms with Crippen LogP contribution in [0.4, 0.5) is 0 Å². The molecule has 2 fully saturated rings. The van der Waals surface area contributed by atoms with E-state index in [1.807, 2.05) is 6.07 Å². The molecule has 1 aromatic heterocycles. The van der Waals surface area contributed by atoms with Crippen molar-refractivity contribution in [3.8, 4) is 0 Å². The molecule has 0 saturated carbocycles. The van der Waals surface area contributed by atoms with E-state index in [4.69, 9.17) is 0 Å². The maximum Gasteiger partial charge on any atom is 0.257 e. The molecule has 0 radical (unpaired) electrons. The van der Waals surface area contributed by atoms with Gasteiger partial charge in [0.15, 0.2) is 0 Å². The van der Waals surface area contributed by atoms with E-state index in [1.165, 1.54) is 19.0 Å². The van der Waals surface area contributed by atoms with E-state index in [0.29, 0.717) is 23.0 Å². The van der Waals surface area contributed by atoms with Gasteiger partial charge in [0.05, 0.1) is 6.54 Å². The predicted molar refractivity (Wildman–Crippen MR) is 105 cm³/mol. The normalized spacial score (nSPS) is 23.5. The van der Waals surface area contributed by atoms with E-state index in [1.54, 1.807) is 18.2 Å². The third kappa shape index (κ3) is 4.14. The van der Waals surface area contributed by atoms with Gasteiger partial charge < -0.3 is 20.9 Å². The van der Waals surface area contributed by atoms with Crippen molar-refractivity contribution in [2.75, 3.05) is 6.54 Å². The van der Waals surface area contributed by atoms with Crippen LogP contribution in [-0.4, -0.2) is 41.5 Å². The average Bonchev–Trinajstić information content (AvgIpc) is 2.98. The molecule has 2 unspecified atom stereocenters. The molecule has 2 aliphatic rings. The zero-order chi connectivity index (χ0) is 18.1. The van der Waals surface area contributed by atoms with Gasteiger partial charge in [0.2, 0.25) is 11.3 Å². The summed E-state index contributed by atoms with van der Waals surface area (Å²) in [6.07, 6.45) is 5.58. The monoisotopic (exact) mass is 390 g/mol. The molecule has 2 aliphatic heterocycles. The van der Waals surface area contributed by atoms with Crippen LogP contribution >= 0.6 is 12.4 Å². The maximum atomic E-state index is 12.4. The van der Waals surface area contributed by atoms with Crippen LogP contribution in [0.3, 0.4) is 0 Å². The van der Waals surface area contributed by atoms with E-state index in [-0.39, 0.29) is 41.9 Å². The van der Waals surface area contributed by atoms with Crippen LogP contribution < -0.4 is 21.4 Å². The highest BCUT2D eigenvalue weighted by Gasteiger charge is 2.33. The lowest BCUT2D eigenvalue weighted by Gasteiger charge is -2.29. The van der Waals surface area contributed by atoms with E-state index >= 15 is 0 Å². The average molecular weight is 391 g/mol. The Hall–Kier alpha value is -2.38. The summed E-state index contributed by atoms with van der Waals surface area (Å²) in [5.74, 6) is -0.764. The van der Waals surface area contributed by atoms with Crippen molar-refractivity contribution in [1.82, 2.24) is 20.9 Å². The number of fused-ring (bicyclic) bond motifs is 3. The molecule has 2 aromatic rings. The minimum atomic E-state index is -0.544. The minimum Gasteiger partial charge on any atom is -0.360 e. The Kier molecular flexibility index (Phi) is 5.82. The number of aromatic nitrogens is 1. The number of nitrogens with one attached hydrogen (secondary N) is 4. The number of rotatable bonds is 4. The molecule has 0 aliphatic carbocycles. The van der Waals surface area contributed by atoms with Crippen LogP contribution in [0.15, 0.2) is 35.3 Å². The Morgan fingerprint density at radius 3 is 2.56 bits per heavy atom. The smallest absolute Gasteiger partial charge is 0.257 e. The minimum absolute atomic E-state index is 0. The lowest BCUT2D eigenvalue weighted by molar-refractivity contribution is -0.121. The molecule has 2 bridgehead atoms. The van der Waals surface area contributed by atoms with Crippen LogP contribution in [0.25, 0.3) is 10.9 Å². The quantitative estimate of drug-likeness (QED) is 0.627. The number of pyridine rings is 1. The SMILES string of the molecule is Cl.O=C(CNC(=O)c1c[nH]c2ccccc2c1=O)NC1CC2CCC(C1)N2. The molecule has 8 heteroatoms. The summed E-state index contributed by atoms with van der Waals surface area (Å²) in [4.78, 5) is 39.8. The lowest BCUT2D eigenvalue weighted by atomic mass is 10.00. The number of hydrogen-bond acceptors (Lipinski definition) is 4. The molecule has 1 aromatic carbocycles. The first-order chi connectivity index (χ1) is 12.6. The van der Waals surface area contributed by atoms with Gasteiger partial charge in [-0.25, -0.2) is 0 Å². The molecule has 4 N–H and O–H groups in total. The topological polar surface area (TPSA) is 103 Å². The number of aromatic amines is 1. The summed E-state index contributed by atoms with van der Waals surface area (Å²) in [6, 6.07) is 8.15. The molecule has 144 valence electrons. The van der Waals surface area contributed by atoms with Gasteiger partial charge in [-0.3, -0.25) is 14.4 Å². The Morgan fingerprint density at radius 1 is 1.11 bits per heavy atom. The predicted octanol–water partition coefficient (Wildman–Crippen LogP) is 1.08. The summed E-state index contributed by atoms with van der Waals surface area (Å²) in [7, 11) is 0. The van der Waals surface area contributed by atoms with Gasteiger partial charge in [0, 0.05) is 35.2 Å². The Morgan fingerprint density at radius 2 is 1.81 bits per heavy atom. The van der Waals surface area contributed by atoms with Crippen molar-refractivity contribution < 1.29 is 9.59 Å². The van der Waals surface area contributed by atoms with Gasteiger partial charge in [0.1, 0.15) is 5.56 Å². The first-order valence-corrected chi connectivity index (χ1v) is 9.04. The van der Waals surface area contributed by atoms with Crippen molar-refractivity contribution in [3.63, 3.8) is 0 Å². The van der Waals surface area contributed by atoms with E-state index < -0.39 is 5.91 Å². The third-order valence-electron chi connectivity index (χ3n) is 5.28. The number of carbonyl (C=O) groups is 2. The Balaban J connectivity index is 0.00000210. The lowest BCUT2D eigenvalue weighted by Crippen LogP contribution is -2.50. The molecule has 27 heavy (non-hydrogen) atoms. The van der Waals surface area contributed by atoms with Gasteiger partial charge in [-0.15, -0.1) is 12.4 Å². The molecule has 2 saturated heterocycles. The van der Waals surface area contributed by atoms with Crippen LogP contribution in [0.5, 0.6) is 0 Å². The van der Waals surface area contributed by atoms with Gasteiger partial charge >= 0.3 is 0 Å². The van der Waals surface area contributed by atoms with Gasteiger partial charge in [-0.05, 0) is 37.8 Å². The number of carbonyl (C=O) groups excluding carboxylic acids is 2. The highest BCUT2D eigenvalue weighted by atomic mass is 35.5. The van der Waals surface area contributed by atoms with Crippen molar-refractivity contribution >= 4 is 35.1 Å². The second-order valence-electron chi connectivity index (χ2n) is 7.13. The third-order valence-corrected chi connectivity index (χ3v) is 5.28. The van der Waals surface area contributed by atoms with Gasteiger partial charge in [0.25, 0.3) is 5.91 Å². The molecule has 2 atom stereocenters. The number of piperidine rings is 1. The summed E-state index contributed by atoms with van der Waals surface area (Å²) in [5.41, 5.74) is 0.343. The summed E-state index contributed by atoms with van der Waals surface area (Å²) < 4.78 is 0. The fraction of sp³-hybridized carbons (Fsp3) is 0.421. The van der Waals surface area contributed by atoms with Crippen molar-refractivity contribution in [3.05, 3.63) is 46.2 Å². The number of amides is 2. The van der Waals surface area contributed by atoms with Crippen LogP contribution in [0.2, 0.25) is 0 Å². The first-order valence-electron chi connectivity index (χ1n) is 9.04. The number of hydrogen-bond donors (Lipinski definition) is 4. The number of H-pyrrole nitrogens is 1. The number of para-hydroxylation sites is 1. The number of halogens is 1. The number of benzene rings is 1. The summed E-state index contributed by atoms with van der Waals surface area (Å²) >= 11 is 0. The van der Waals surface area contributed by atoms with Gasteiger partial charge in [-0.2, -0.15) is 0 Å². The second kappa shape index (κ2) is 8.10. The molecule has 4 rings (SSSR count). The van der Waals surface area contributed by atoms with Gasteiger partial charge in [-0.1, -0.05) is 12.1 Å². The van der Waals surface area contributed by atoms with E-state index in [9.17, 15) is 14.4 Å². The van der Waals surface area contributed by atoms with Crippen LogP contribution in [0, 0.1) is 0 Å². The fourth-order valence-electron chi connectivity index (χ4n) is 4.05. The first kappa shape index (κ1) is 19.4. The van der Waals surface area contributed by atoms with Crippen molar-refractivity contribution in [2.45, 2.75) is 43.8 Å². The summed E-state index contributed by atoms with van der Waals surface area (Å²) in [5, 5.41) is 9.52. The zero-order valence-electron chi connectivity index (χ0n) is 14.8. The Labute approximate surface area is 162 Å². The van der Waals surface area contributed by atoms with Crippen molar-refractivity contribution in [2.24, 2.45) is 0 Å². The molecular formula is C19H23ClN4O3. The fourth-order valence-corrected chi connectivity index (χ4v) is 4.05. The molecular weight excluding hydrogens is 368 g/mol. The molecule has 0 spiro atoms. The standard InChI is InChI=1S/C19H22N4O3.ClH/c24-17(23-13-7-11-5-6-12(8-13)22-11)10-21-19(26)15-9-20-16-4-2-1-3-14(16)18(15)25;/h1-4,9,11-13,22H,5-8,10H2,(H,20,25)(H,21,26)(H,23,24);1H. The highest BCUT2D eigenvalue weighted by molar-refractivity contribution is 5.98. The largest absolute Gasteiger partial charge is 0.360 e. The van der Waals surface area contributed by atoms with Crippen LogP contribution in [-0.2, 0) is 4.79 Å². The molecule has 3 heterocycles. The summed E-state index contributed by atoms with van der Waals surface area (Å²) in [6.45, 7) is -0.135. The van der Waals surface area contributed by atoms with E-state index in [2.05, 4.69) is 20.9 Å². The maximum absolute atomic E-state index is 12.4. The van der Waals surface area contributed by atoms with Crippen LogP contribution in [0.1, 0.15) is 36.0 Å². The molecule has 7 nitrogen and oxygen atoms in total. The molecule has 2 amide bonds. The zero-order valence-corrected chi connectivity index (χ0v) is 15.6. The highest BCUT2D eigenvalue weighted by Crippen LogP contribution is 2.26.